The number of hydrogen-bond donors (Lipinski definition) is 1. The summed E-state index contributed by atoms with van der Waals surface area (Å²) in [7, 11) is 0. The quantitative estimate of drug-likeness (QED) is 0.181. The van der Waals surface area contributed by atoms with E-state index in [0.717, 1.165) is 66.8 Å². The molecule has 47 heavy (non-hydrogen) atoms. The molecule has 4 nitrogen and oxygen atoms in total. The Hall–Kier alpha value is -5.05. The fourth-order valence-corrected chi connectivity index (χ4v) is 6.33. The zero-order valence-corrected chi connectivity index (χ0v) is 28.6. The molecule has 8 aromatic rings. The number of para-hydroxylation sites is 1. The van der Waals surface area contributed by atoms with Gasteiger partial charge in [-0.1, -0.05) is 111 Å². The van der Waals surface area contributed by atoms with Crippen molar-refractivity contribution in [2.24, 2.45) is 0 Å². The SMILES string of the molecule is CC(C)(C)c1ccc(O)c(-c2[c-]c(-c3cccc(-n4c5ccccc5c5cccnc54)n3)cc(-c3ccc4ccccc4c3)c2)c1.[Pt]. The summed E-state index contributed by atoms with van der Waals surface area (Å²) in [6, 6.07) is 47.2. The Kier molecular flexibility index (Phi) is 7.78. The third kappa shape index (κ3) is 5.53. The zero-order chi connectivity index (χ0) is 31.4. The van der Waals surface area contributed by atoms with Crippen LogP contribution in [0.25, 0.3) is 72.0 Å². The van der Waals surface area contributed by atoms with Gasteiger partial charge in [-0.25, -0.2) is 4.98 Å². The van der Waals surface area contributed by atoms with Crippen LogP contribution in [0.15, 0.2) is 134 Å². The predicted octanol–water partition coefficient (Wildman–Crippen LogP) is 10.5. The molecule has 3 heterocycles. The molecule has 0 atom stereocenters. The molecule has 0 spiro atoms. The minimum atomic E-state index is -0.0759. The minimum absolute atomic E-state index is 0. The first kappa shape index (κ1) is 30.6. The van der Waals surface area contributed by atoms with E-state index in [1.165, 1.54) is 10.8 Å². The van der Waals surface area contributed by atoms with E-state index in [0.29, 0.717) is 0 Å². The van der Waals surface area contributed by atoms with Gasteiger partial charge in [0.2, 0.25) is 0 Å². The number of aromatic hydroxyl groups is 1. The van der Waals surface area contributed by atoms with Crippen LogP contribution in [0.2, 0.25) is 0 Å². The summed E-state index contributed by atoms with van der Waals surface area (Å²) in [6.45, 7) is 6.55. The van der Waals surface area contributed by atoms with Gasteiger partial charge in [0.15, 0.2) is 0 Å². The molecule has 0 aliphatic rings. The van der Waals surface area contributed by atoms with Crippen molar-refractivity contribution >= 4 is 32.7 Å². The number of phenolic OH excluding ortho intramolecular Hbond substituents is 1. The Balaban J connectivity index is 0.00000351. The van der Waals surface area contributed by atoms with Gasteiger partial charge in [-0.2, -0.15) is 0 Å². The van der Waals surface area contributed by atoms with Gasteiger partial charge >= 0.3 is 0 Å². The molecule has 0 aliphatic carbocycles. The Morgan fingerprint density at radius 2 is 1.43 bits per heavy atom. The smallest absolute Gasteiger partial charge is 0.146 e. The summed E-state index contributed by atoms with van der Waals surface area (Å²) >= 11 is 0. The fourth-order valence-electron chi connectivity index (χ4n) is 6.33. The summed E-state index contributed by atoms with van der Waals surface area (Å²) < 4.78 is 2.13. The van der Waals surface area contributed by atoms with Gasteiger partial charge in [-0.05, 0) is 69.3 Å². The normalized spacial score (nSPS) is 11.6. The number of aromatic nitrogens is 3. The molecule has 1 N–H and O–H groups in total. The first-order valence-electron chi connectivity index (χ1n) is 15.6. The third-order valence-corrected chi connectivity index (χ3v) is 8.78. The van der Waals surface area contributed by atoms with Crippen molar-refractivity contribution in [1.82, 2.24) is 14.5 Å². The average molecular weight is 790 g/mol. The molecule has 5 heteroatoms. The molecule has 3 aromatic heterocycles. The van der Waals surface area contributed by atoms with Crippen LogP contribution in [0.4, 0.5) is 0 Å². The summed E-state index contributed by atoms with van der Waals surface area (Å²) in [4.78, 5) is 9.97. The van der Waals surface area contributed by atoms with Crippen LogP contribution in [0, 0.1) is 6.07 Å². The minimum Gasteiger partial charge on any atom is -0.515 e. The van der Waals surface area contributed by atoms with Crippen LogP contribution in [0.5, 0.6) is 5.75 Å². The van der Waals surface area contributed by atoms with Crippen molar-refractivity contribution in [2.45, 2.75) is 26.2 Å². The van der Waals surface area contributed by atoms with E-state index in [1.807, 2.05) is 42.6 Å². The number of rotatable bonds is 4. The maximum atomic E-state index is 11.1. The van der Waals surface area contributed by atoms with E-state index in [-0.39, 0.29) is 32.2 Å². The maximum absolute atomic E-state index is 11.1. The summed E-state index contributed by atoms with van der Waals surface area (Å²) in [6.07, 6.45) is 1.83. The molecule has 232 valence electrons. The average Bonchev–Trinajstić information content (AvgIpc) is 3.42. The Morgan fingerprint density at radius 1 is 0.660 bits per heavy atom. The standard InChI is InChI=1S/C42H32N3O.Pt/c1-42(2,3)33-19-20-39(46)36(26-33)31-23-30(29-18-17-27-10-4-5-11-28(27)22-29)24-32(25-31)37-14-8-16-40(44-37)45-38-15-7-6-12-34(38)35-13-9-21-43-41(35)45;/h4-24,26,46H,1-3H3;/q-1;. The molecule has 8 rings (SSSR count). The fraction of sp³-hybridized carbons (Fsp3) is 0.0952. The molecule has 0 radical (unpaired) electrons. The van der Waals surface area contributed by atoms with E-state index in [1.54, 1.807) is 6.07 Å². The summed E-state index contributed by atoms with van der Waals surface area (Å²) in [5.74, 6) is 1.01. The van der Waals surface area contributed by atoms with Gasteiger partial charge in [-0.15, -0.1) is 23.8 Å². The van der Waals surface area contributed by atoms with E-state index in [9.17, 15) is 5.11 Å². The first-order valence-corrected chi connectivity index (χ1v) is 15.6. The number of phenols is 1. The monoisotopic (exact) mass is 789 g/mol. The number of pyridine rings is 2. The molecule has 0 aliphatic heterocycles. The molecule has 0 bridgehead atoms. The van der Waals surface area contributed by atoms with E-state index < -0.39 is 0 Å². The van der Waals surface area contributed by atoms with Crippen molar-refractivity contribution in [3.8, 4) is 45.1 Å². The first-order chi connectivity index (χ1) is 22.3. The van der Waals surface area contributed by atoms with Crippen molar-refractivity contribution in [2.75, 3.05) is 0 Å². The van der Waals surface area contributed by atoms with Crippen LogP contribution in [0.1, 0.15) is 26.3 Å². The molecule has 0 amide bonds. The number of hydrogen-bond acceptors (Lipinski definition) is 3. The van der Waals surface area contributed by atoms with Crippen molar-refractivity contribution in [1.29, 1.82) is 0 Å². The van der Waals surface area contributed by atoms with Crippen LogP contribution < -0.4 is 0 Å². The Morgan fingerprint density at radius 3 is 2.28 bits per heavy atom. The molecular weight excluding hydrogens is 758 g/mol. The molecule has 0 saturated carbocycles. The van der Waals surface area contributed by atoms with Crippen molar-refractivity contribution < 1.29 is 26.2 Å². The van der Waals surface area contributed by atoms with Crippen LogP contribution in [0.3, 0.4) is 0 Å². The maximum Gasteiger partial charge on any atom is 0.146 e. The number of fused-ring (bicyclic) bond motifs is 4. The van der Waals surface area contributed by atoms with Crippen LogP contribution in [-0.2, 0) is 26.5 Å². The van der Waals surface area contributed by atoms with Gasteiger partial charge in [0.25, 0.3) is 0 Å². The van der Waals surface area contributed by atoms with Crippen LogP contribution in [-0.4, -0.2) is 19.6 Å². The molecule has 0 saturated heterocycles. The van der Waals surface area contributed by atoms with Gasteiger partial charge in [0.05, 0.1) is 11.3 Å². The summed E-state index contributed by atoms with van der Waals surface area (Å²) in [5, 5.41) is 15.7. The van der Waals surface area contributed by atoms with Crippen LogP contribution >= 0.6 is 0 Å². The van der Waals surface area contributed by atoms with Gasteiger partial charge < -0.3 is 5.11 Å². The second-order valence-corrected chi connectivity index (χ2v) is 12.8. The van der Waals surface area contributed by atoms with E-state index in [4.69, 9.17) is 9.97 Å². The van der Waals surface area contributed by atoms with Gasteiger partial charge in [0.1, 0.15) is 11.5 Å². The Bertz CT molecular complexity index is 2380. The van der Waals surface area contributed by atoms with E-state index in [2.05, 4.69) is 116 Å². The molecule has 5 aromatic carbocycles. The Labute approximate surface area is 288 Å². The third-order valence-electron chi connectivity index (χ3n) is 8.78. The summed E-state index contributed by atoms with van der Waals surface area (Å²) in [5.41, 5.74) is 8.30. The largest absolute Gasteiger partial charge is 0.515 e. The number of nitrogens with zero attached hydrogens (tertiary/aromatic N) is 3. The second kappa shape index (κ2) is 12.0. The number of benzene rings is 5. The second-order valence-electron chi connectivity index (χ2n) is 12.8. The molecule has 0 unspecified atom stereocenters. The van der Waals surface area contributed by atoms with Crippen molar-refractivity contribution in [3.63, 3.8) is 0 Å². The zero-order valence-electron chi connectivity index (χ0n) is 26.3. The predicted molar refractivity (Wildman–Crippen MR) is 189 cm³/mol. The van der Waals surface area contributed by atoms with Crippen molar-refractivity contribution in [3.05, 3.63) is 145 Å². The van der Waals surface area contributed by atoms with Gasteiger partial charge in [-0.3, -0.25) is 9.55 Å². The van der Waals surface area contributed by atoms with E-state index >= 15 is 0 Å². The molecular formula is C42H32N3OPt-. The topological polar surface area (TPSA) is 50.9 Å². The molecule has 0 fully saturated rings. The van der Waals surface area contributed by atoms with Gasteiger partial charge in [0, 0.05) is 43.7 Å².